The van der Waals surface area contributed by atoms with Gasteiger partial charge in [0, 0.05) is 29.7 Å². The third-order valence-electron chi connectivity index (χ3n) is 3.19. The molecule has 0 radical (unpaired) electrons. The SMILES string of the molecule is FCCn1cc(C#Cc2ccccc2-c2cccnc2)cn1. The molecule has 0 aliphatic rings. The topological polar surface area (TPSA) is 30.7 Å². The third kappa shape index (κ3) is 3.21. The van der Waals surface area contributed by atoms with E-state index in [0.717, 1.165) is 22.3 Å². The fourth-order valence-corrected chi connectivity index (χ4v) is 2.14. The van der Waals surface area contributed by atoms with Crippen LogP contribution in [0.15, 0.2) is 61.2 Å². The lowest BCUT2D eigenvalue weighted by atomic mass is 10.0. The van der Waals surface area contributed by atoms with Crippen molar-refractivity contribution in [2.24, 2.45) is 0 Å². The zero-order valence-corrected chi connectivity index (χ0v) is 11.9. The van der Waals surface area contributed by atoms with Gasteiger partial charge in [-0.05, 0) is 17.7 Å². The summed E-state index contributed by atoms with van der Waals surface area (Å²) >= 11 is 0. The molecular weight excluding hydrogens is 277 g/mol. The molecule has 1 aromatic carbocycles. The van der Waals surface area contributed by atoms with Crippen molar-refractivity contribution in [2.45, 2.75) is 6.54 Å². The van der Waals surface area contributed by atoms with Gasteiger partial charge in [0.15, 0.2) is 0 Å². The second-order valence-corrected chi connectivity index (χ2v) is 4.72. The van der Waals surface area contributed by atoms with Gasteiger partial charge < -0.3 is 0 Å². The van der Waals surface area contributed by atoms with Crippen LogP contribution in [0.4, 0.5) is 4.39 Å². The Morgan fingerprint density at radius 2 is 1.95 bits per heavy atom. The van der Waals surface area contributed by atoms with Crippen molar-refractivity contribution in [3.63, 3.8) is 0 Å². The first-order chi connectivity index (χ1) is 10.9. The predicted molar refractivity (Wildman–Crippen MR) is 83.9 cm³/mol. The lowest BCUT2D eigenvalue weighted by Crippen LogP contribution is -1.98. The summed E-state index contributed by atoms with van der Waals surface area (Å²) in [5.74, 6) is 6.23. The van der Waals surface area contributed by atoms with Crippen LogP contribution >= 0.6 is 0 Å². The summed E-state index contributed by atoms with van der Waals surface area (Å²) in [5.41, 5.74) is 3.77. The van der Waals surface area contributed by atoms with Crippen LogP contribution in [0.25, 0.3) is 11.1 Å². The predicted octanol–water partition coefficient (Wildman–Crippen LogP) is 3.31. The highest BCUT2D eigenvalue weighted by molar-refractivity contribution is 5.70. The zero-order valence-electron chi connectivity index (χ0n) is 11.9. The zero-order chi connectivity index (χ0) is 15.2. The molecule has 0 unspecified atom stereocenters. The quantitative estimate of drug-likeness (QED) is 0.693. The maximum absolute atomic E-state index is 12.3. The lowest BCUT2D eigenvalue weighted by molar-refractivity contribution is 0.427. The summed E-state index contributed by atoms with van der Waals surface area (Å²) in [6, 6.07) is 11.8. The van der Waals surface area contributed by atoms with E-state index in [2.05, 4.69) is 21.9 Å². The highest BCUT2D eigenvalue weighted by atomic mass is 19.1. The Morgan fingerprint density at radius 1 is 1.05 bits per heavy atom. The van der Waals surface area contributed by atoms with E-state index in [1.54, 1.807) is 23.3 Å². The van der Waals surface area contributed by atoms with Crippen molar-refractivity contribution in [1.29, 1.82) is 0 Å². The van der Waals surface area contributed by atoms with Crippen LogP contribution in [-0.2, 0) is 6.54 Å². The fourth-order valence-electron chi connectivity index (χ4n) is 2.14. The molecular formula is C18H14FN3. The Morgan fingerprint density at radius 3 is 2.77 bits per heavy atom. The van der Waals surface area contributed by atoms with Crippen molar-refractivity contribution in [3.05, 3.63) is 72.3 Å². The molecule has 0 bridgehead atoms. The first-order valence-electron chi connectivity index (χ1n) is 6.97. The van der Waals surface area contributed by atoms with Crippen LogP contribution in [0.2, 0.25) is 0 Å². The molecule has 0 atom stereocenters. The summed E-state index contributed by atoms with van der Waals surface area (Å²) in [6.07, 6.45) is 6.96. The molecule has 0 aliphatic heterocycles. The van der Waals surface area contributed by atoms with E-state index in [-0.39, 0.29) is 6.54 Å². The van der Waals surface area contributed by atoms with Gasteiger partial charge in [-0.2, -0.15) is 5.10 Å². The average molecular weight is 291 g/mol. The minimum atomic E-state index is -0.432. The van der Waals surface area contributed by atoms with E-state index in [0.29, 0.717) is 0 Å². The summed E-state index contributed by atoms with van der Waals surface area (Å²) < 4.78 is 13.8. The highest BCUT2D eigenvalue weighted by Gasteiger charge is 2.02. The highest BCUT2D eigenvalue weighted by Crippen LogP contribution is 2.21. The van der Waals surface area contributed by atoms with Gasteiger partial charge in [0.25, 0.3) is 0 Å². The Kier molecular flexibility index (Phi) is 4.26. The van der Waals surface area contributed by atoms with Gasteiger partial charge in [0.2, 0.25) is 0 Å². The molecule has 3 aromatic rings. The molecule has 3 nitrogen and oxygen atoms in total. The number of alkyl halides is 1. The van der Waals surface area contributed by atoms with Crippen LogP contribution in [0, 0.1) is 11.8 Å². The third-order valence-corrected chi connectivity index (χ3v) is 3.19. The molecule has 2 aromatic heterocycles. The van der Waals surface area contributed by atoms with Crippen molar-refractivity contribution < 1.29 is 4.39 Å². The van der Waals surface area contributed by atoms with E-state index in [9.17, 15) is 4.39 Å². The molecule has 108 valence electrons. The Labute approximate surface area is 128 Å². The minimum absolute atomic E-state index is 0.258. The number of hydrogen-bond acceptors (Lipinski definition) is 2. The number of pyridine rings is 1. The number of halogens is 1. The fraction of sp³-hybridized carbons (Fsp3) is 0.111. The van der Waals surface area contributed by atoms with Crippen LogP contribution in [0.1, 0.15) is 11.1 Å². The number of benzene rings is 1. The number of aryl methyl sites for hydroxylation is 1. The summed E-state index contributed by atoms with van der Waals surface area (Å²) in [4.78, 5) is 4.15. The van der Waals surface area contributed by atoms with Gasteiger partial charge in [-0.1, -0.05) is 36.1 Å². The van der Waals surface area contributed by atoms with E-state index >= 15 is 0 Å². The van der Waals surface area contributed by atoms with E-state index in [4.69, 9.17) is 0 Å². The maximum atomic E-state index is 12.3. The van der Waals surface area contributed by atoms with Crippen molar-refractivity contribution in [2.75, 3.05) is 6.67 Å². The number of hydrogen-bond donors (Lipinski definition) is 0. The normalized spacial score (nSPS) is 10.0. The summed E-state index contributed by atoms with van der Waals surface area (Å²) in [5, 5.41) is 4.06. The number of aromatic nitrogens is 3. The standard InChI is InChI=1S/C18H14FN3/c19-9-11-22-14-15(12-21-22)7-8-16-4-1-2-6-18(16)17-5-3-10-20-13-17/h1-6,10,12-14H,9,11H2. The van der Waals surface area contributed by atoms with Gasteiger partial charge in [0.1, 0.15) is 6.67 Å². The second-order valence-electron chi connectivity index (χ2n) is 4.72. The second kappa shape index (κ2) is 6.68. The molecule has 0 saturated carbocycles. The smallest absolute Gasteiger partial charge is 0.109 e. The maximum Gasteiger partial charge on any atom is 0.109 e. The Hall–Kier alpha value is -2.93. The first-order valence-corrected chi connectivity index (χ1v) is 6.97. The average Bonchev–Trinajstić information content (AvgIpc) is 3.02. The van der Waals surface area contributed by atoms with Crippen molar-refractivity contribution >= 4 is 0 Å². The molecule has 22 heavy (non-hydrogen) atoms. The lowest BCUT2D eigenvalue weighted by Gasteiger charge is -2.03. The molecule has 3 rings (SSSR count). The van der Waals surface area contributed by atoms with Gasteiger partial charge in [-0.15, -0.1) is 0 Å². The summed E-state index contributed by atoms with van der Waals surface area (Å²) in [6.45, 7) is -0.174. The van der Waals surface area contributed by atoms with Crippen molar-refractivity contribution in [1.82, 2.24) is 14.8 Å². The molecule has 0 spiro atoms. The van der Waals surface area contributed by atoms with Crippen LogP contribution in [0.3, 0.4) is 0 Å². The van der Waals surface area contributed by atoms with Gasteiger partial charge in [-0.3, -0.25) is 9.67 Å². The molecule has 0 aliphatic carbocycles. The van der Waals surface area contributed by atoms with Crippen LogP contribution in [-0.4, -0.2) is 21.4 Å². The van der Waals surface area contributed by atoms with E-state index in [1.165, 1.54) is 0 Å². The molecule has 0 N–H and O–H groups in total. The molecule has 4 heteroatoms. The molecule has 0 saturated heterocycles. The van der Waals surface area contributed by atoms with Gasteiger partial charge in [0.05, 0.1) is 18.3 Å². The van der Waals surface area contributed by atoms with Crippen molar-refractivity contribution in [3.8, 4) is 23.0 Å². The number of nitrogens with zero attached hydrogens (tertiary/aromatic N) is 3. The molecule has 0 fully saturated rings. The summed E-state index contributed by atoms with van der Waals surface area (Å²) in [7, 11) is 0. The Balaban J connectivity index is 1.92. The van der Waals surface area contributed by atoms with Crippen LogP contribution < -0.4 is 0 Å². The van der Waals surface area contributed by atoms with E-state index in [1.807, 2.05) is 42.6 Å². The first kappa shape index (κ1) is 14.0. The Bertz CT molecular complexity index is 813. The molecule has 0 amide bonds. The minimum Gasteiger partial charge on any atom is -0.269 e. The number of rotatable bonds is 3. The molecule has 2 heterocycles. The van der Waals surface area contributed by atoms with Gasteiger partial charge in [-0.25, -0.2) is 4.39 Å². The monoisotopic (exact) mass is 291 g/mol. The van der Waals surface area contributed by atoms with Crippen LogP contribution in [0.5, 0.6) is 0 Å². The van der Waals surface area contributed by atoms with Gasteiger partial charge >= 0.3 is 0 Å². The van der Waals surface area contributed by atoms with E-state index < -0.39 is 6.67 Å². The largest absolute Gasteiger partial charge is 0.269 e.